The number of rotatable bonds is 6. The van der Waals surface area contributed by atoms with Crippen molar-refractivity contribution in [1.29, 1.82) is 0 Å². The second kappa shape index (κ2) is 5.10. The van der Waals surface area contributed by atoms with Crippen LogP contribution in [0, 0.1) is 0 Å². The quantitative estimate of drug-likeness (QED) is 0.554. The normalized spacial score (nSPS) is 10.6. The summed E-state index contributed by atoms with van der Waals surface area (Å²) in [5.41, 5.74) is 5.51. The van der Waals surface area contributed by atoms with Crippen molar-refractivity contribution < 1.29 is 4.43 Å². The lowest BCUT2D eigenvalue weighted by molar-refractivity contribution is 0.321. The van der Waals surface area contributed by atoms with E-state index in [2.05, 4.69) is 26.7 Å². The van der Waals surface area contributed by atoms with E-state index in [9.17, 15) is 0 Å². The number of hydrogen-bond donors (Lipinski definition) is 0. The van der Waals surface area contributed by atoms with Crippen LogP contribution < -0.4 is 0 Å². The van der Waals surface area contributed by atoms with Crippen LogP contribution in [0.3, 0.4) is 0 Å². The van der Waals surface area contributed by atoms with E-state index in [-0.39, 0.29) is 0 Å². The average molecular weight is 168 g/mol. The Balaban J connectivity index is 4.16. The maximum atomic E-state index is 5.61. The maximum Gasteiger partial charge on any atom is 0.264 e. The van der Waals surface area contributed by atoms with Crippen molar-refractivity contribution in [1.82, 2.24) is 0 Å². The third-order valence-corrected chi connectivity index (χ3v) is 4.13. The molecule has 0 radical (unpaired) electrons. The molecule has 0 aliphatic rings. The lowest BCUT2D eigenvalue weighted by Crippen LogP contribution is -2.31. The van der Waals surface area contributed by atoms with Gasteiger partial charge in [-0.3, -0.25) is 0 Å². The molecule has 0 aromatic carbocycles. The minimum atomic E-state index is -1.95. The summed E-state index contributed by atoms with van der Waals surface area (Å²) in [4.78, 5) is 0. The molecule has 0 saturated heterocycles. The van der Waals surface area contributed by atoms with Gasteiger partial charge in [0.2, 0.25) is 0 Å². The highest BCUT2D eigenvalue weighted by atomic mass is 28.4. The monoisotopic (exact) mass is 168 g/mol. The van der Waals surface area contributed by atoms with Crippen molar-refractivity contribution in [2.24, 2.45) is 0 Å². The summed E-state index contributed by atoms with van der Waals surface area (Å²) in [7, 11) is -1.95. The van der Waals surface area contributed by atoms with Gasteiger partial charge >= 0.3 is 0 Å². The molecule has 0 heterocycles. The summed E-state index contributed by atoms with van der Waals surface area (Å²) in [6, 6.07) is 0. The molecule has 0 bridgehead atoms. The third kappa shape index (κ3) is 2.86. The topological polar surface area (TPSA) is 9.23 Å². The molecule has 0 aromatic heterocycles. The Morgan fingerprint density at radius 2 is 1.64 bits per heavy atom. The zero-order chi connectivity index (χ0) is 8.74. The van der Waals surface area contributed by atoms with E-state index in [1.54, 1.807) is 0 Å². The van der Waals surface area contributed by atoms with Crippen LogP contribution in [0.2, 0.25) is 0 Å². The summed E-state index contributed by atoms with van der Waals surface area (Å²) in [5.74, 6) is 0. The van der Waals surface area contributed by atoms with Gasteiger partial charge in [0.1, 0.15) is 0 Å². The Kier molecular flexibility index (Phi) is 4.82. The molecule has 0 saturated carbocycles. The molecule has 0 unspecified atom stereocenters. The lowest BCUT2D eigenvalue weighted by atomic mass is 10.5. The van der Waals surface area contributed by atoms with Crippen LogP contribution in [0.15, 0.2) is 36.8 Å². The van der Waals surface area contributed by atoms with E-state index < -0.39 is 8.32 Å². The van der Waals surface area contributed by atoms with E-state index in [1.165, 1.54) is 0 Å². The first-order valence-electron chi connectivity index (χ1n) is 3.79. The lowest BCUT2D eigenvalue weighted by Gasteiger charge is -2.19. The minimum Gasteiger partial charge on any atom is -0.406 e. The molecule has 0 atom stereocenters. The van der Waals surface area contributed by atoms with Crippen LogP contribution in [-0.4, -0.2) is 14.9 Å². The molecule has 0 amide bonds. The fourth-order valence-corrected chi connectivity index (χ4v) is 2.12. The molecular formula is C9H16OSi. The SMILES string of the molecule is C=C[Si](C=C)(C=C)OCCC. The van der Waals surface area contributed by atoms with E-state index in [1.807, 2.05) is 17.1 Å². The van der Waals surface area contributed by atoms with Crippen molar-refractivity contribution in [3.63, 3.8) is 0 Å². The van der Waals surface area contributed by atoms with E-state index in [0.29, 0.717) is 0 Å². The summed E-state index contributed by atoms with van der Waals surface area (Å²) < 4.78 is 5.61. The molecule has 2 heteroatoms. The Hall–Kier alpha value is -0.603. The van der Waals surface area contributed by atoms with Crippen molar-refractivity contribution in [3.05, 3.63) is 36.8 Å². The minimum absolute atomic E-state index is 0.760. The molecule has 62 valence electrons. The van der Waals surface area contributed by atoms with Gasteiger partial charge in [-0.05, 0) is 6.42 Å². The summed E-state index contributed by atoms with van der Waals surface area (Å²) >= 11 is 0. The molecule has 0 fully saturated rings. The molecule has 1 nitrogen and oxygen atoms in total. The fourth-order valence-electron chi connectivity index (χ4n) is 0.706. The van der Waals surface area contributed by atoms with Crippen LogP contribution in [0.25, 0.3) is 0 Å². The Morgan fingerprint density at radius 1 is 1.18 bits per heavy atom. The predicted molar refractivity (Wildman–Crippen MR) is 52.6 cm³/mol. The Bertz CT molecular complexity index is 130. The van der Waals surface area contributed by atoms with E-state index >= 15 is 0 Å². The van der Waals surface area contributed by atoms with Crippen molar-refractivity contribution in [2.75, 3.05) is 6.61 Å². The highest BCUT2D eigenvalue weighted by molar-refractivity contribution is 6.87. The molecule has 0 rings (SSSR count). The van der Waals surface area contributed by atoms with Gasteiger partial charge in [0.05, 0.1) is 0 Å². The zero-order valence-corrected chi connectivity index (χ0v) is 8.18. The second-order valence-electron chi connectivity index (χ2n) is 2.31. The first-order chi connectivity index (χ1) is 5.24. The maximum absolute atomic E-state index is 5.61. The van der Waals surface area contributed by atoms with Crippen LogP contribution in [-0.2, 0) is 4.43 Å². The first kappa shape index (κ1) is 10.4. The largest absolute Gasteiger partial charge is 0.406 e. The zero-order valence-electron chi connectivity index (χ0n) is 7.18. The Morgan fingerprint density at radius 3 is 1.91 bits per heavy atom. The fraction of sp³-hybridized carbons (Fsp3) is 0.333. The molecule has 0 N–H and O–H groups in total. The van der Waals surface area contributed by atoms with Crippen LogP contribution in [0.4, 0.5) is 0 Å². The smallest absolute Gasteiger partial charge is 0.264 e. The molecule has 0 aliphatic heterocycles. The van der Waals surface area contributed by atoms with Gasteiger partial charge in [-0.15, -0.1) is 19.7 Å². The third-order valence-electron chi connectivity index (χ3n) is 1.51. The average Bonchev–Trinajstić information content (AvgIpc) is 2.08. The van der Waals surface area contributed by atoms with Gasteiger partial charge in [-0.25, -0.2) is 0 Å². The summed E-state index contributed by atoms with van der Waals surface area (Å²) in [6.45, 7) is 14.0. The molecular weight excluding hydrogens is 152 g/mol. The van der Waals surface area contributed by atoms with Crippen LogP contribution in [0.5, 0.6) is 0 Å². The molecule has 0 aliphatic carbocycles. The standard InChI is InChI=1S/C9H16OSi/c1-5-9-10-11(6-2,7-3)8-4/h6-8H,2-5,9H2,1H3. The van der Waals surface area contributed by atoms with Gasteiger partial charge in [0, 0.05) is 6.61 Å². The number of hydrogen-bond acceptors (Lipinski definition) is 1. The van der Waals surface area contributed by atoms with E-state index in [4.69, 9.17) is 4.43 Å². The highest BCUT2D eigenvalue weighted by Crippen LogP contribution is 2.09. The van der Waals surface area contributed by atoms with Crippen LogP contribution >= 0.6 is 0 Å². The van der Waals surface area contributed by atoms with Crippen molar-refractivity contribution in [3.8, 4) is 0 Å². The van der Waals surface area contributed by atoms with Gasteiger partial charge in [-0.1, -0.05) is 24.0 Å². The van der Waals surface area contributed by atoms with Gasteiger partial charge in [-0.2, -0.15) is 0 Å². The van der Waals surface area contributed by atoms with Gasteiger partial charge in [0.25, 0.3) is 8.32 Å². The van der Waals surface area contributed by atoms with Gasteiger partial charge in [0.15, 0.2) is 0 Å². The summed E-state index contributed by atoms with van der Waals surface area (Å²) in [6.07, 6.45) is 1.02. The van der Waals surface area contributed by atoms with Gasteiger partial charge < -0.3 is 4.43 Å². The van der Waals surface area contributed by atoms with E-state index in [0.717, 1.165) is 13.0 Å². The van der Waals surface area contributed by atoms with Crippen LogP contribution in [0.1, 0.15) is 13.3 Å². The first-order valence-corrected chi connectivity index (χ1v) is 5.93. The summed E-state index contributed by atoms with van der Waals surface area (Å²) in [5, 5.41) is 0. The highest BCUT2D eigenvalue weighted by Gasteiger charge is 2.22. The second-order valence-corrected chi connectivity index (χ2v) is 5.53. The molecule has 0 spiro atoms. The van der Waals surface area contributed by atoms with Crippen molar-refractivity contribution in [2.45, 2.75) is 13.3 Å². The molecule has 11 heavy (non-hydrogen) atoms. The predicted octanol–water partition coefficient (Wildman–Crippen LogP) is 2.53. The molecule has 0 aromatic rings. The van der Waals surface area contributed by atoms with Crippen molar-refractivity contribution >= 4 is 8.32 Å². The Labute approximate surface area is 70.2 Å².